The Kier molecular flexibility index (Phi) is 7.94. The summed E-state index contributed by atoms with van der Waals surface area (Å²) in [5.74, 6) is 0.201. The van der Waals surface area contributed by atoms with E-state index in [4.69, 9.17) is 5.11 Å². The van der Waals surface area contributed by atoms with Crippen molar-refractivity contribution >= 4 is 29.9 Å². The number of hydrogen-bond acceptors (Lipinski definition) is 2. The summed E-state index contributed by atoms with van der Waals surface area (Å²) < 4.78 is 38.2. The SMILES string of the molecule is CN=C(NCc1ccn(C)c1)NCC(O)C(F)(F)F.I. The van der Waals surface area contributed by atoms with Crippen LogP contribution < -0.4 is 10.6 Å². The average molecular weight is 406 g/mol. The van der Waals surface area contributed by atoms with Gasteiger partial charge < -0.3 is 20.3 Å². The Bertz CT molecular complexity index is 434. The molecule has 9 heteroatoms. The standard InChI is InChI=1S/C11H17F3N4O.HI/c1-15-10(17-6-9(19)11(12,13)14)16-5-8-3-4-18(2)7-8;/h3-4,7,9,19H,5-6H2,1-2H3,(H2,15,16,17);1H. The molecule has 0 amide bonds. The zero-order chi connectivity index (χ0) is 14.5. The highest BCUT2D eigenvalue weighted by Gasteiger charge is 2.37. The summed E-state index contributed by atoms with van der Waals surface area (Å²) in [6, 6.07) is 1.88. The lowest BCUT2D eigenvalue weighted by molar-refractivity contribution is -0.201. The van der Waals surface area contributed by atoms with E-state index in [2.05, 4.69) is 15.6 Å². The van der Waals surface area contributed by atoms with E-state index >= 15 is 0 Å². The maximum atomic E-state index is 12.1. The molecule has 0 fully saturated rings. The van der Waals surface area contributed by atoms with E-state index in [1.54, 1.807) is 0 Å². The van der Waals surface area contributed by atoms with Gasteiger partial charge in [-0.1, -0.05) is 0 Å². The summed E-state index contributed by atoms with van der Waals surface area (Å²) in [5.41, 5.74) is 0.974. The van der Waals surface area contributed by atoms with Gasteiger partial charge in [0.2, 0.25) is 0 Å². The van der Waals surface area contributed by atoms with Crippen molar-refractivity contribution in [1.29, 1.82) is 0 Å². The molecule has 0 saturated heterocycles. The molecule has 0 radical (unpaired) electrons. The maximum absolute atomic E-state index is 12.1. The number of rotatable bonds is 4. The van der Waals surface area contributed by atoms with Crippen LogP contribution in [-0.4, -0.2) is 41.5 Å². The van der Waals surface area contributed by atoms with Crippen LogP contribution in [0.1, 0.15) is 5.56 Å². The Balaban J connectivity index is 0.00000361. The molecule has 1 heterocycles. The summed E-state index contributed by atoms with van der Waals surface area (Å²) in [5, 5.41) is 14.1. The van der Waals surface area contributed by atoms with Crippen molar-refractivity contribution in [3.63, 3.8) is 0 Å². The van der Waals surface area contributed by atoms with Gasteiger partial charge in [0.25, 0.3) is 0 Å². The van der Waals surface area contributed by atoms with Gasteiger partial charge in [-0.25, -0.2) is 0 Å². The van der Waals surface area contributed by atoms with Crippen LogP contribution >= 0.6 is 24.0 Å². The van der Waals surface area contributed by atoms with Crippen LogP contribution in [0.4, 0.5) is 13.2 Å². The largest absolute Gasteiger partial charge is 0.416 e. The summed E-state index contributed by atoms with van der Waals surface area (Å²) in [6.45, 7) is -0.208. The van der Waals surface area contributed by atoms with Crippen molar-refractivity contribution in [3.05, 3.63) is 24.0 Å². The van der Waals surface area contributed by atoms with Crippen molar-refractivity contribution in [2.45, 2.75) is 18.8 Å². The predicted molar refractivity (Wildman–Crippen MR) is 81.1 cm³/mol. The number of aliphatic hydroxyl groups is 1. The first-order chi connectivity index (χ1) is 8.82. The molecule has 116 valence electrons. The first-order valence-electron chi connectivity index (χ1n) is 5.63. The van der Waals surface area contributed by atoms with Gasteiger partial charge in [-0.05, 0) is 11.6 Å². The van der Waals surface area contributed by atoms with Gasteiger partial charge >= 0.3 is 6.18 Å². The number of nitrogens with zero attached hydrogens (tertiary/aromatic N) is 2. The van der Waals surface area contributed by atoms with Gasteiger partial charge in [0.05, 0.1) is 6.54 Å². The van der Waals surface area contributed by atoms with Gasteiger partial charge in [0, 0.05) is 33.0 Å². The van der Waals surface area contributed by atoms with Crippen LogP contribution in [-0.2, 0) is 13.6 Å². The fourth-order valence-electron chi connectivity index (χ4n) is 1.38. The van der Waals surface area contributed by atoms with Gasteiger partial charge in [-0.2, -0.15) is 13.2 Å². The molecule has 1 rings (SSSR count). The molecule has 3 N–H and O–H groups in total. The predicted octanol–water partition coefficient (Wildman–Crippen LogP) is 1.23. The molecule has 0 aliphatic carbocycles. The van der Waals surface area contributed by atoms with E-state index in [1.165, 1.54) is 7.05 Å². The quantitative estimate of drug-likeness (QED) is 0.401. The summed E-state index contributed by atoms with van der Waals surface area (Å²) >= 11 is 0. The van der Waals surface area contributed by atoms with Crippen molar-refractivity contribution in [3.8, 4) is 0 Å². The molecule has 0 aromatic carbocycles. The van der Waals surface area contributed by atoms with Crippen LogP contribution in [0.3, 0.4) is 0 Å². The Morgan fingerprint density at radius 3 is 2.55 bits per heavy atom. The van der Waals surface area contributed by atoms with Gasteiger partial charge in [0.1, 0.15) is 0 Å². The van der Waals surface area contributed by atoms with Crippen LogP contribution in [0.2, 0.25) is 0 Å². The minimum absolute atomic E-state index is 0. The minimum atomic E-state index is -4.63. The molecule has 0 bridgehead atoms. The molecular weight excluding hydrogens is 388 g/mol. The maximum Gasteiger partial charge on any atom is 0.416 e. The molecule has 0 spiro atoms. The van der Waals surface area contributed by atoms with Crippen molar-refractivity contribution in [1.82, 2.24) is 15.2 Å². The van der Waals surface area contributed by atoms with E-state index in [1.807, 2.05) is 30.1 Å². The fourth-order valence-corrected chi connectivity index (χ4v) is 1.38. The molecular formula is C11H18F3IN4O. The molecule has 0 aliphatic heterocycles. The molecule has 0 aliphatic rings. The fraction of sp³-hybridized carbons (Fsp3) is 0.545. The molecule has 20 heavy (non-hydrogen) atoms. The number of aliphatic hydroxyl groups excluding tert-OH is 1. The van der Waals surface area contributed by atoms with Crippen LogP contribution in [0.15, 0.2) is 23.5 Å². The molecule has 1 atom stereocenters. The van der Waals surface area contributed by atoms with Crippen LogP contribution in [0.25, 0.3) is 0 Å². The normalized spacial score (nSPS) is 13.6. The topological polar surface area (TPSA) is 61.6 Å². The number of aromatic nitrogens is 1. The lowest BCUT2D eigenvalue weighted by atomic mass is 10.3. The lowest BCUT2D eigenvalue weighted by Gasteiger charge is -2.17. The third-order valence-corrected chi connectivity index (χ3v) is 2.42. The molecule has 1 aromatic heterocycles. The van der Waals surface area contributed by atoms with E-state index in [-0.39, 0.29) is 29.9 Å². The number of aliphatic imine (C=N–C) groups is 1. The van der Waals surface area contributed by atoms with Gasteiger partial charge in [-0.15, -0.1) is 24.0 Å². The highest BCUT2D eigenvalue weighted by Crippen LogP contribution is 2.19. The Morgan fingerprint density at radius 1 is 1.45 bits per heavy atom. The Hall–Kier alpha value is -0.970. The Labute approximate surface area is 132 Å². The van der Waals surface area contributed by atoms with Crippen molar-refractivity contribution < 1.29 is 18.3 Å². The van der Waals surface area contributed by atoms with Gasteiger partial charge in [0.15, 0.2) is 12.1 Å². The summed E-state index contributed by atoms with van der Waals surface area (Å²) in [7, 11) is 3.32. The van der Waals surface area contributed by atoms with Crippen LogP contribution in [0, 0.1) is 0 Å². The number of guanidine groups is 1. The van der Waals surface area contributed by atoms with E-state index < -0.39 is 18.8 Å². The third-order valence-electron chi connectivity index (χ3n) is 2.42. The van der Waals surface area contributed by atoms with Crippen molar-refractivity contribution in [2.75, 3.05) is 13.6 Å². The minimum Gasteiger partial charge on any atom is -0.382 e. The number of hydrogen-bond donors (Lipinski definition) is 3. The second kappa shape index (κ2) is 8.35. The second-order valence-electron chi connectivity index (χ2n) is 4.05. The summed E-state index contributed by atoms with van der Waals surface area (Å²) in [6.07, 6.45) is -3.31. The highest BCUT2D eigenvalue weighted by atomic mass is 127. The van der Waals surface area contributed by atoms with Crippen LogP contribution in [0.5, 0.6) is 0 Å². The first kappa shape index (κ1) is 19.0. The number of nitrogens with one attached hydrogen (secondary N) is 2. The lowest BCUT2D eigenvalue weighted by Crippen LogP contribution is -2.45. The highest BCUT2D eigenvalue weighted by molar-refractivity contribution is 14.0. The summed E-state index contributed by atoms with van der Waals surface area (Å²) in [4.78, 5) is 3.77. The molecule has 1 unspecified atom stereocenters. The smallest absolute Gasteiger partial charge is 0.382 e. The third kappa shape index (κ3) is 6.46. The molecule has 5 nitrogen and oxygen atoms in total. The number of alkyl halides is 3. The zero-order valence-corrected chi connectivity index (χ0v) is 13.4. The molecule has 0 saturated carbocycles. The second-order valence-corrected chi connectivity index (χ2v) is 4.05. The number of halogens is 4. The first-order valence-corrected chi connectivity index (χ1v) is 5.63. The Morgan fingerprint density at radius 2 is 2.10 bits per heavy atom. The van der Waals surface area contributed by atoms with E-state index in [0.29, 0.717) is 6.54 Å². The van der Waals surface area contributed by atoms with Gasteiger partial charge in [-0.3, -0.25) is 4.99 Å². The zero-order valence-electron chi connectivity index (χ0n) is 11.1. The molecule has 1 aromatic rings. The van der Waals surface area contributed by atoms with E-state index in [9.17, 15) is 13.2 Å². The van der Waals surface area contributed by atoms with Crippen molar-refractivity contribution in [2.24, 2.45) is 12.0 Å². The monoisotopic (exact) mass is 406 g/mol. The average Bonchev–Trinajstić information content (AvgIpc) is 2.73. The number of aryl methyl sites for hydroxylation is 1. The van der Waals surface area contributed by atoms with E-state index in [0.717, 1.165) is 5.56 Å².